The number of ether oxygens (including phenoxy) is 2. The van der Waals surface area contributed by atoms with Crippen LogP contribution in [0, 0.1) is 0 Å². The summed E-state index contributed by atoms with van der Waals surface area (Å²) >= 11 is 1.15. The van der Waals surface area contributed by atoms with Gasteiger partial charge in [0, 0.05) is 57.3 Å². The van der Waals surface area contributed by atoms with Crippen molar-refractivity contribution in [1.29, 1.82) is 0 Å². The van der Waals surface area contributed by atoms with Crippen LogP contribution >= 0.6 is 11.3 Å². The summed E-state index contributed by atoms with van der Waals surface area (Å²) in [6.07, 6.45) is 5.07. The van der Waals surface area contributed by atoms with E-state index in [1.165, 1.54) is 44.1 Å². The normalized spacial score (nSPS) is 13.6. The van der Waals surface area contributed by atoms with E-state index in [2.05, 4.69) is 14.8 Å². The predicted molar refractivity (Wildman–Crippen MR) is 157 cm³/mol. The van der Waals surface area contributed by atoms with Gasteiger partial charge in [0.1, 0.15) is 11.3 Å². The Morgan fingerprint density at radius 2 is 1.88 bits per heavy atom. The molecule has 0 saturated heterocycles. The first-order valence-corrected chi connectivity index (χ1v) is 15.2. The average molecular weight is 607 g/mol. The lowest BCUT2D eigenvalue weighted by atomic mass is 9.85. The molecule has 0 fully saturated rings. The fourth-order valence-electron chi connectivity index (χ4n) is 4.39. The molecule has 1 unspecified atom stereocenters. The largest absolute Gasteiger partial charge is 0.496 e. The number of carbonyl (C=O) groups is 2. The molecule has 2 aromatic heterocycles. The maximum Gasteiger partial charge on any atom is 0.303 e. The number of amides is 2. The minimum absolute atomic E-state index is 0.0397. The van der Waals surface area contributed by atoms with E-state index in [9.17, 15) is 18.0 Å². The van der Waals surface area contributed by atoms with Crippen LogP contribution in [-0.4, -0.2) is 79.8 Å². The molecule has 2 heterocycles. The van der Waals surface area contributed by atoms with Gasteiger partial charge in [0.25, 0.3) is 11.8 Å². The Hall–Kier alpha value is -3.33. The summed E-state index contributed by atoms with van der Waals surface area (Å²) in [5.41, 5.74) is -0.898. The lowest BCUT2D eigenvalue weighted by Gasteiger charge is -2.41. The second-order valence-electron chi connectivity index (χ2n) is 10.7. The number of hydrogen-bond acceptors (Lipinski definition) is 9. The lowest BCUT2D eigenvalue weighted by Crippen LogP contribution is -2.65. The van der Waals surface area contributed by atoms with Gasteiger partial charge in [-0.15, -0.1) is 11.3 Å². The van der Waals surface area contributed by atoms with Gasteiger partial charge >= 0.3 is 10.2 Å². The van der Waals surface area contributed by atoms with Gasteiger partial charge in [0.15, 0.2) is 5.13 Å². The van der Waals surface area contributed by atoms with Crippen molar-refractivity contribution >= 4 is 38.5 Å². The Bertz CT molecular complexity index is 1420. The molecule has 0 aliphatic heterocycles. The fourth-order valence-corrected chi connectivity index (χ4v) is 5.72. The van der Waals surface area contributed by atoms with Crippen LogP contribution in [0.1, 0.15) is 49.5 Å². The summed E-state index contributed by atoms with van der Waals surface area (Å²) < 4.78 is 41.3. The van der Waals surface area contributed by atoms with Gasteiger partial charge in [0.2, 0.25) is 0 Å². The van der Waals surface area contributed by atoms with E-state index in [4.69, 9.17) is 9.47 Å². The van der Waals surface area contributed by atoms with E-state index >= 15 is 0 Å². The highest BCUT2D eigenvalue weighted by Gasteiger charge is 2.50. The van der Waals surface area contributed by atoms with E-state index in [1.54, 1.807) is 36.0 Å². The Morgan fingerprint density at radius 1 is 1.15 bits per heavy atom. The number of thiazole rings is 1. The molecule has 1 aromatic carbocycles. The Kier molecular flexibility index (Phi) is 10.3. The third kappa shape index (κ3) is 7.31. The number of methoxy groups -OCH3 is 2. The smallest absolute Gasteiger partial charge is 0.303 e. The summed E-state index contributed by atoms with van der Waals surface area (Å²) in [6.45, 7) is 6.22. The van der Waals surface area contributed by atoms with Crippen molar-refractivity contribution in [3.63, 3.8) is 0 Å². The second kappa shape index (κ2) is 13.1. The molecule has 0 radical (unpaired) electrons. The maximum absolute atomic E-state index is 14.5. The third-order valence-electron chi connectivity index (χ3n) is 6.54. The molecular weight excluding hydrogens is 568 g/mol. The quantitative estimate of drug-likeness (QED) is 0.293. The van der Waals surface area contributed by atoms with Crippen molar-refractivity contribution in [3.8, 4) is 5.75 Å². The Labute approximate surface area is 245 Å². The van der Waals surface area contributed by atoms with Crippen LogP contribution in [0.3, 0.4) is 0 Å². The van der Waals surface area contributed by atoms with E-state index in [1.807, 2.05) is 26.8 Å². The first-order chi connectivity index (χ1) is 19.3. The zero-order chi connectivity index (χ0) is 30.4. The van der Waals surface area contributed by atoms with Gasteiger partial charge < -0.3 is 9.47 Å². The second-order valence-corrected chi connectivity index (χ2v) is 13.4. The molecule has 3 rings (SSSR count). The summed E-state index contributed by atoms with van der Waals surface area (Å²) in [7, 11) is 1.46. The molecule has 224 valence electrons. The number of benzene rings is 1. The molecule has 0 bridgehead atoms. The van der Waals surface area contributed by atoms with Gasteiger partial charge in [-0.25, -0.2) is 9.71 Å². The SMILES string of the molecule is COCCCC(Cn1cccn1)(C(=O)NS(=O)(=O)N(C)C)N(C(=O)c1ccc(C(C)(C)C)c(OC)c1)c1nccs1. The predicted octanol–water partition coefficient (Wildman–Crippen LogP) is 3.08. The van der Waals surface area contributed by atoms with Gasteiger partial charge in [-0.2, -0.15) is 17.8 Å². The number of rotatable bonds is 13. The van der Waals surface area contributed by atoms with Crippen molar-refractivity contribution in [2.45, 2.75) is 51.1 Å². The summed E-state index contributed by atoms with van der Waals surface area (Å²) in [5, 5.41) is 6.18. The maximum atomic E-state index is 14.5. The van der Waals surface area contributed by atoms with E-state index in [-0.39, 0.29) is 35.7 Å². The molecule has 3 aromatic rings. The molecule has 12 nitrogen and oxygen atoms in total. The topological polar surface area (TPSA) is 136 Å². The van der Waals surface area contributed by atoms with Crippen molar-refractivity contribution < 1.29 is 27.5 Å². The standard InChI is InChI=1S/C27H38N6O6S2/c1-26(2,3)21-11-10-20(18-22(21)39-7)23(34)33(25-28-14-17-40-25)27(12-8-16-38-6,19-32-15-9-13-29-32)24(35)30-41(36,37)31(4)5/h9-11,13-15,17-18H,8,12,16,19H2,1-7H3,(H,30,35). The number of nitrogens with one attached hydrogen (secondary N) is 1. The van der Waals surface area contributed by atoms with E-state index < -0.39 is 27.6 Å². The van der Waals surface area contributed by atoms with Crippen LogP contribution in [0.25, 0.3) is 0 Å². The van der Waals surface area contributed by atoms with Crippen LogP contribution < -0.4 is 14.4 Å². The van der Waals surface area contributed by atoms with Crippen molar-refractivity contribution in [3.05, 3.63) is 59.4 Å². The summed E-state index contributed by atoms with van der Waals surface area (Å²) in [4.78, 5) is 34.4. The van der Waals surface area contributed by atoms with Crippen LogP contribution in [-0.2, 0) is 31.7 Å². The molecular formula is C27H38N6O6S2. The van der Waals surface area contributed by atoms with Gasteiger partial charge in [-0.05, 0) is 42.0 Å². The van der Waals surface area contributed by atoms with Gasteiger partial charge in [-0.3, -0.25) is 19.2 Å². The molecule has 0 spiro atoms. The van der Waals surface area contributed by atoms with Gasteiger partial charge in [-0.1, -0.05) is 26.8 Å². The highest BCUT2D eigenvalue weighted by Crippen LogP contribution is 2.36. The summed E-state index contributed by atoms with van der Waals surface area (Å²) in [6, 6.07) is 6.81. The van der Waals surface area contributed by atoms with Crippen molar-refractivity contribution in [1.82, 2.24) is 23.8 Å². The first-order valence-electron chi connectivity index (χ1n) is 12.9. The fraction of sp³-hybridized carbons (Fsp3) is 0.481. The van der Waals surface area contributed by atoms with Crippen LogP contribution in [0.15, 0.2) is 48.2 Å². The highest BCUT2D eigenvalue weighted by atomic mass is 32.2. The molecule has 2 amide bonds. The number of carbonyl (C=O) groups excluding carboxylic acids is 2. The molecule has 0 aliphatic rings. The van der Waals surface area contributed by atoms with E-state index in [0.717, 1.165) is 21.2 Å². The monoisotopic (exact) mass is 606 g/mol. The third-order valence-corrected chi connectivity index (χ3v) is 8.71. The van der Waals surface area contributed by atoms with Crippen LogP contribution in [0.5, 0.6) is 5.75 Å². The zero-order valence-electron chi connectivity index (χ0n) is 24.4. The number of nitrogens with zero attached hydrogens (tertiary/aromatic N) is 5. The Balaban J connectivity index is 2.28. The molecule has 0 saturated carbocycles. The molecule has 1 N–H and O–H groups in total. The first kappa shape index (κ1) is 32.2. The van der Waals surface area contributed by atoms with Crippen LogP contribution in [0.4, 0.5) is 5.13 Å². The van der Waals surface area contributed by atoms with E-state index in [0.29, 0.717) is 12.2 Å². The number of aromatic nitrogens is 3. The van der Waals surface area contributed by atoms with Gasteiger partial charge in [0.05, 0.1) is 13.7 Å². The number of anilines is 1. The molecule has 41 heavy (non-hydrogen) atoms. The van der Waals surface area contributed by atoms with Crippen LogP contribution in [0.2, 0.25) is 0 Å². The van der Waals surface area contributed by atoms with Crippen molar-refractivity contribution in [2.75, 3.05) is 39.8 Å². The van der Waals surface area contributed by atoms with Crippen molar-refractivity contribution in [2.24, 2.45) is 0 Å². The molecule has 1 atom stereocenters. The summed E-state index contributed by atoms with van der Waals surface area (Å²) in [5.74, 6) is -0.945. The minimum Gasteiger partial charge on any atom is -0.496 e. The lowest BCUT2D eigenvalue weighted by molar-refractivity contribution is -0.125. The molecule has 14 heteroatoms. The highest BCUT2D eigenvalue weighted by molar-refractivity contribution is 7.87. The average Bonchev–Trinajstić information content (AvgIpc) is 3.62. The zero-order valence-corrected chi connectivity index (χ0v) is 26.1. The molecule has 0 aliphatic carbocycles. The minimum atomic E-state index is -4.22. The Morgan fingerprint density at radius 3 is 2.41 bits per heavy atom. The number of hydrogen-bond donors (Lipinski definition) is 1.